The van der Waals surface area contributed by atoms with Gasteiger partial charge in [0.05, 0.1) is 13.2 Å². The zero-order chi connectivity index (χ0) is 20.2. The van der Waals surface area contributed by atoms with Crippen LogP contribution in [0.15, 0.2) is 29.3 Å². The SMILES string of the molecule is CN=C(NCCC(C)C)NCc1cccc(NC(=O)CCN2CCOCC2)c1. The molecule has 0 radical (unpaired) electrons. The van der Waals surface area contributed by atoms with Gasteiger partial charge in [0.2, 0.25) is 5.91 Å². The molecule has 1 heterocycles. The molecule has 7 nitrogen and oxygen atoms in total. The molecule has 0 spiro atoms. The highest BCUT2D eigenvalue weighted by molar-refractivity contribution is 5.90. The summed E-state index contributed by atoms with van der Waals surface area (Å²) in [5.74, 6) is 1.50. The van der Waals surface area contributed by atoms with Crippen molar-refractivity contribution in [2.45, 2.75) is 33.2 Å². The molecule has 0 atom stereocenters. The van der Waals surface area contributed by atoms with E-state index in [1.165, 1.54) is 0 Å². The van der Waals surface area contributed by atoms with Crippen LogP contribution in [0, 0.1) is 5.92 Å². The third-order valence-electron chi connectivity index (χ3n) is 4.67. The van der Waals surface area contributed by atoms with E-state index in [0.29, 0.717) is 18.9 Å². The lowest BCUT2D eigenvalue weighted by Gasteiger charge is -2.26. The molecule has 1 aliphatic heterocycles. The molecule has 0 aliphatic carbocycles. The van der Waals surface area contributed by atoms with Crippen LogP contribution in [0.4, 0.5) is 5.69 Å². The predicted octanol–water partition coefficient (Wildman–Crippen LogP) is 2.06. The second-order valence-electron chi connectivity index (χ2n) is 7.49. The van der Waals surface area contributed by atoms with Crippen molar-refractivity contribution >= 4 is 17.6 Å². The molecule has 1 aromatic rings. The van der Waals surface area contributed by atoms with Gasteiger partial charge in [0.1, 0.15) is 0 Å². The van der Waals surface area contributed by atoms with E-state index >= 15 is 0 Å². The third kappa shape index (κ3) is 8.71. The maximum atomic E-state index is 12.2. The Balaban J connectivity index is 1.75. The van der Waals surface area contributed by atoms with Crippen molar-refractivity contribution in [3.8, 4) is 0 Å². The number of carbonyl (C=O) groups excluding carboxylic acids is 1. The van der Waals surface area contributed by atoms with Gasteiger partial charge in [-0.1, -0.05) is 26.0 Å². The summed E-state index contributed by atoms with van der Waals surface area (Å²) in [6.45, 7) is 10.1. The minimum Gasteiger partial charge on any atom is -0.379 e. The first-order valence-corrected chi connectivity index (χ1v) is 10.2. The summed E-state index contributed by atoms with van der Waals surface area (Å²) >= 11 is 0. The maximum absolute atomic E-state index is 12.2. The number of ether oxygens (including phenoxy) is 1. The predicted molar refractivity (Wildman–Crippen MR) is 115 cm³/mol. The van der Waals surface area contributed by atoms with Gasteiger partial charge in [0, 0.05) is 51.9 Å². The Labute approximate surface area is 168 Å². The topological polar surface area (TPSA) is 78.0 Å². The second kappa shape index (κ2) is 12.4. The molecule has 1 aliphatic rings. The first kappa shape index (κ1) is 22.2. The fourth-order valence-corrected chi connectivity index (χ4v) is 2.95. The van der Waals surface area contributed by atoms with Crippen molar-refractivity contribution in [1.82, 2.24) is 15.5 Å². The Morgan fingerprint density at radius 2 is 2.04 bits per heavy atom. The van der Waals surface area contributed by atoms with Gasteiger partial charge in [-0.15, -0.1) is 0 Å². The Bertz CT molecular complexity index is 627. The number of carbonyl (C=O) groups is 1. The van der Waals surface area contributed by atoms with Crippen LogP contribution in [0.25, 0.3) is 0 Å². The number of aliphatic imine (C=N–C) groups is 1. The number of hydrogen-bond donors (Lipinski definition) is 3. The number of benzene rings is 1. The fraction of sp³-hybridized carbons (Fsp3) is 0.619. The largest absolute Gasteiger partial charge is 0.379 e. The minimum absolute atomic E-state index is 0.0442. The first-order chi connectivity index (χ1) is 13.6. The molecule has 1 saturated heterocycles. The zero-order valence-electron chi connectivity index (χ0n) is 17.5. The number of nitrogens with zero attached hydrogens (tertiary/aromatic N) is 2. The number of rotatable bonds is 9. The first-order valence-electron chi connectivity index (χ1n) is 10.2. The molecule has 1 amide bonds. The second-order valence-corrected chi connectivity index (χ2v) is 7.49. The number of anilines is 1. The van der Waals surface area contributed by atoms with E-state index in [4.69, 9.17) is 4.74 Å². The Morgan fingerprint density at radius 1 is 1.25 bits per heavy atom. The van der Waals surface area contributed by atoms with Crippen LogP contribution in [-0.4, -0.2) is 63.2 Å². The zero-order valence-corrected chi connectivity index (χ0v) is 17.5. The van der Waals surface area contributed by atoms with E-state index in [9.17, 15) is 4.79 Å². The summed E-state index contributed by atoms with van der Waals surface area (Å²) in [7, 11) is 1.77. The number of amides is 1. The third-order valence-corrected chi connectivity index (χ3v) is 4.67. The van der Waals surface area contributed by atoms with Gasteiger partial charge in [0.15, 0.2) is 5.96 Å². The van der Waals surface area contributed by atoms with Gasteiger partial charge in [0.25, 0.3) is 0 Å². The highest BCUT2D eigenvalue weighted by atomic mass is 16.5. The molecule has 156 valence electrons. The van der Waals surface area contributed by atoms with Gasteiger partial charge >= 0.3 is 0 Å². The molecule has 28 heavy (non-hydrogen) atoms. The van der Waals surface area contributed by atoms with E-state index < -0.39 is 0 Å². The Hall–Kier alpha value is -2.12. The monoisotopic (exact) mass is 389 g/mol. The highest BCUT2D eigenvalue weighted by Gasteiger charge is 2.12. The molecule has 3 N–H and O–H groups in total. The summed E-state index contributed by atoms with van der Waals surface area (Å²) in [5, 5.41) is 9.64. The maximum Gasteiger partial charge on any atom is 0.225 e. The quantitative estimate of drug-likeness (QED) is 0.445. The van der Waals surface area contributed by atoms with E-state index in [2.05, 4.69) is 39.7 Å². The van der Waals surface area contributed by atoms with Crippen LogP contribution >= 0.6 is 0 Å². The van der Waals surface area contributed by atoms with Crippen LogP contribution in [0.2, 0.25) is 0 Å². The van der Waals surface area contributed by atoms with Crippen LogP contribution in [0.5, 0.6) is 0 Å². The minimum atomic E-state index is 0.0442. The molecule has 1 aromatic carbocycles. The van der Waals surface area contributed by atoms with Gasteiger partial charge < -0.3 is 20.7 Å². The van der Waals surface area contributed by atoms with Crippen LogP contribution in [-0.2, 0) is 16.1 Å². The van der Waals surface area contributed by atoms with Gasteiger partial charge in [-0.3, -0.25) is 14.7 Å². The number of nitrogens with one attached hydrogen (secondary N) is 3. The van der Waals surface area contributed by atoms with Crippen molar-refractivity contribution in [1.29, 1.82) is 0 Å². The lowest BCUT2D eigenvalue weighted by Crippen LogP contribution is -2.38. The van der Waals surface area contributed by atoms with Crippen molar-refractivity contribution < 1.29 is 9.53 Å². The Morgan fingerprint density at radius 3 is 2.75 bits per heavy atom. The van der Waals surface area contributed by atoms with Crippen molar-refractivity contribution in [3.05, 3.63) is 29.8 Å². The molecule has 7 heteroatoms. The number of morpholine rings is 1. The molecule has 2 rings (SSSR count). The van der Waals surface area contributed by atoms with E-state index in [1.807, 2.05) is 24.3 Å². The lowest BCUT2D eigenvalue weighted by molar-refractivity contribution is -0.116. The van der Waals surface area contributed by atoms with Gasteiger partial charge in [-0.2, -0.15) is 0 Å². The lowest BCUT2D eigenvalue weighted by atomic mass is 10.1. The molecular weight excluding hydrogens is 354 g/mol. The number of guanidine groups is 1. The van der Waals surface area contributed by atoms with Crippen LogP contribution < -0.4 is 16.0 Å². The average Bonchev–Trinajstić information content (AvgIpc) is 2.70. The normalized spacial score (nSPS) is 15.5. The molecular formula is C21H35N5O2. The van der Waals surface area contributed by atoms with E-state index in [-0.39, 0.29) is 5.91 Å². The fourth-order valence-electron chi connectivity index (χ4n) is 2.95. The van der Waals surface area contributed by atoms with Crippen molar-refractivity contribution in [3.63, 3.8) is 0 Å². The van der Waals surface area contributed by atoms with Crippen LogP contribution in [0.3, 0.4) is 0 Å². The summed E-state index contributed by atoms with van der Waals surface area (Å²) in [6, 6.07) is 7.92. The summed E-state index contributed by atoms with van der Waals surface area (Å²) in [4.78, 5) is 18.8. The van der Waals surface area contributed by atoms with E-state index in [1.54, 1.807) is 7.05 Å². The molecule has 0 saturated carbocycles. The average molecular weight is 390 g/mol. The Kier molecular flexibility index (Phi) is 9.79. The molecule has 0 unspecified atom stereocenters. The summed E-state index contributed by atoms with van der Waals surface area (Å²) in [5.41, 5.74) is 1.92. The standard InChI is InChI=1S/C21H35N5O2/c1-17(2)7-9-23-21(22-3)24-16-18-5-4-6-19(15-18)25-20(27)8-10-26-11-13-28-14-12-26/h4-6,15,17H,7-14,16H2,1-3H3,(H,25,27)(H2,22,23,24). The van der Waals surface area contributed by atoms with Crippen LogP contribution in [0.1, 0.15) is 32.3 Å². The summed E-state index contributed by atoms with van der Waals surface area (Å²) < 4.78 is 5.33. The van der Waals surface area contributed by atoms with Crippen molar-refractivity contribution in [2.24, 2.45) is 10.9 Å². The van der Waals surface area contributed by atoms with E-state index in [0.717, 1.165) is 63.0 Å². The summed E-state index contributed by atoms with van der Waals surface area (Å²) in [6.07, 6.45) is 1.60. The van der Waals surface area contributed by atoms with Gasteiger partial charge in [-0.25, -0.2) is 0 Å². The molecule has 0 aromatic heterocycles. The molecule has 0 bridgehead atoms. The highest BCUT2D eigenvalue weighted by Crippen LogP contribution is 2.11. The smallest absolute Gasteiger partial charge is 0.225 e. The number of hydrogen-bond acceptors (Lipinski definition) is 4. The van der Waals surface area contributed by atoms with Crippen molar-refractivity contribution in [2.75, 3.05) is 51.8 Å². The van der Waals surface area contributed by atoms with Gasteiger partial charge in [-0.05, 0) is 30.0 Å². The molecule has 1 fully saturated rings.